The molecule has 0 aromatic heterocycles. The van der Waals surface area contributed by atoms with Gasteiger partial charge in [-0.1, -0.05) is 17.8 Å². The Morgan fingerprint density at radius 3 is 2.79 bits per heavy atom. The van der Waals surface area contributed by atoms with Gasteiger partial charge in [-0.05, 0) is 24.5 Å². The molecular formula is C11H10N4O3S. The van der Waals surface area contributed by atoms with Crippen LogP contribution < -0.4 is 10.6 Å². The van der Waals surface area contributed by atoms with E-state index in [0.717, 1.165) is 0 Å². The minimum Gasteiger partial charge on any atom is -0.474 e. The van der Waals surface area contributed by atoms with Gasteiger partial charge in [-0.25, -0.2) is 9.79 Å². The van der Waals surface area contributed by atoms with Crippen LogP contribution in [0.25, 0.3) is 0 Å². The maximum atomic E-state index is 11.0. The molecule has 0 heterocycles. The van der Waals surface area contributed by atoms with Gasteiger partial charge in [0.15, 0.2) is 11.4 Å². The Kier molecular flexibility index (Phi) is 5.37. The molecule has 0 spiro atoms. The van der Waals surface area contributed by atoms with Gasteiger partial charge in [-0.15, -0.1) is 0 Å². The summed E-state index contributed by atoms with van der Waals surface area (Å²) in [6, 6.07) is 6.30. The molecule has 3 N–H and O–H groups in total. The average Bonchev–Trinajstić information content (AvgIpc) is 2.38. The van der Waals surface area contributed by atoms with E-state index in [2.05, 4.69) is 15.6 Å². The van der Waals surface area contributed by atoms with Crippen LogP contribution in [0.5, 0.6) is 0 Å². The number of carboxylic acids is 1. The molecule has 8 heteroatoms. The van der Waals surface area contributed by atoms with E-state index in [1.807, 2.05) is 0 Å². The van der Waals surface area contributed by atoms with Gasteiger partial charge in [0.05, 0.1) is 5.69 Å². The molecule has 0 aliphatic carbocycles. The number of aliphatic carboxylic acids is 1. The van der Waals surface area contributed by atoms with Gasteiger partial charge in [0.25, 0.3) is 0 Å². The number of hydrogen-bond acceptors (Lipinski definition) is 5. The van der Waals surface area contributed by atoms with Crippen molar-refractivity contribution < 1.29 is 14.7 Å². The molecule has 0 saturated heterocycles. The van der Waals surface area contributed by atoms with Crippen molar-refractivity contribution in [3.8, 4) is 6.19 Å². The Labute approximate surface area is 113 Å². The summed E-state index contributed by atoms with van der Waals surface area (Å²) in [7, 11) is 0. The summed E-state index contributed by atoms with van der Waals surface area (Å²) in [6.45, 7) is 0. The first kappa shape index (κ1) is 14.5. The summed E-state index contributed by atoms with van der Waals surface area (Å²) >= 11 is 1.25. The Balaban J connectivity index is 2.91. The third-order valence-corrected chi connectivity index (χ3v) is 2.47. The van der Waals surface area contributed by atoms with E-state index in [0.29, 0.717) is 16.5 Å². The highest BCUT2D eigenvalue weighted by molar-refractivity contribution is 8.13. The monoisotopic (exact) mass is 278 g/mol. The Hall–Kier alpha value is -2.53. The Morgan fingerprint density at radius 2 is 2.21 bits per heavy atom. The molecule has 0 aliphatic heterocycles. The van der Waals surface area contributed by atoms with Crippen molar-refractivity contribution in [2.75, 3.05) is 11.6 Å². The van der Waals surface area contributed by atoms with Crippen LogP contribution in [0.1, 0.15) is 0 Å². The Morgan fingerprint density at radius 1 is 1.47 bits per heavy atom. The molecule has 0 fully saturated rings. The number of rotatable bonds is 2. The molecule has 1 aromatic rings. The second kappa shape index (κ2) is 7.03. The average molecular weight is 278 g/mol. The SMILES string of the molecule is CSC(=Nc1cccc(NC(=O)C(=O)O)c1)NC#N. The van der Waals surface area contributed by atoms with Gasteiger partial charge >= 0.3 is 11.9 Å². The molecule has 7 nitrogen and oxygen atoms in total. The van der Waals surface area contributed by atoms with E-state index in [1.165, 1.54) is 23.9 Å². The van der Waals surface area contributed by atoms with Crippen LogP contribution in [0, 0.1) is 11.5 Å². The standard InChI is InChI=1S/C11H10N4O3S/c1-19-11(13-6-12)15-8-4-2-3-7(5-8)14-9(16)10(17)18/h2-5H,1H3,(H,13,15)(H,14,16)(H,17,18). The van der Waals surface area contributed by atoms with Crippen molar-refractivity contribution in [3.63, 3.8) is 0 Å². The summed E-state index contributed by atoms with van der Waals surface area (Å²) in [4.78, 5) is 25.5. The fraction of sp³-hybridized carbons (Fsp3) is 0.0909. The molecule has 0 saturated carbocycles. The lowest BCUT2D eigenvalue weighted by molar-refractivity contribution is -0.147. The van der Waals surface area contributed by atoms with E-state index in [4.69, 9.17) is 10.4 Å². The van der Waals surface area contributed by atoms with Crippen LogP contribution in [0.4, 0.5) is 11.4 Å². The molecule has 19 heavy (non-hydrogen) atoms. The van der Waals surface area contributed by atoms with E-state index in [-0.39, 0.29) is 0 Å². The van der Waals surface area contributed by atoms with Crippen LogP contribution in [-0.2, 0) is 9.59 Å². The highest BCUT2D eigenvalue weighted by atomic mass is 32.2. The van der Waals surface area contributed by atoms with Crippen LogP contribution in [0.15, 0.2) is 29.3 Å². The van der Waals surface area contributed by atoms with Crippen molar-refractivity contribution in [3.05, 3.63) is 24.3 Å². The number of benzene rings is 1. The second-order valence-electron chi connectivity index (χ2n) is 3.17. The predicted molar refractivity (Wildman–Crippen MR) is 72.1 cm³/mol. The van der Waals surface area contributed by atoms with Crippen LogP contribution in [-0.4, -0.2) is 28.4 Å². The number of aliphatic imine (C=N–C) groups is 1. The molecule has 1 aromatic carbocycles. The Bertz CT molecular complexity index is 565. The van der Waals surface area contributed by atoms with Crippen molar-refractivity contribution in [1.29, 1.82) is 5.26 Å². The van der Waals surface area contributed by atoms with E-state index in [1.54, 1.807) is 24.6 Å². The summed E-state index contributed by atoms with van der Waals surface area (Å²) in [5, 5.41) is 22.0. The van der Waals surface area contributed by atoms with Gasteiger partial charge < -0.3 is 10.4 Å². The summed E-state index contributed by atoms with van der Waals surface area (Å²) < 4.78 is 0. The van der Waals surface area contributed by atoms with Crippen molar-refractivity contribution >= 4 is 40.2 Å². The van der Waals surface area contributed by atoms with Crippen LogP contribution in [0.3, 0.4) is 0 Å². The zero-order valence-corrected chi connectivity index (χ0v) is 10.7. The van der Waals surface area contributed by atoms with Crippen molar-refractivity contribution in [2.45, 2.75) is 0 Å². The zero-order chi connectivity index (χ0) is 14.3. The molecule has 0 aliphatic rings. The highest BCUT2D eigenvalue weighted by Gasteiger charge is 2.10. The van der Waals surface area contributed by atoms with Gasteiger partial charge in [0.2, 0.25) is 0 Å². The molecule has 98 valence electrons. The third-order valence-electron chi connectivity index (χ3n) is 1.89. The number of carboxylic acid groups (broad SMARTS) is 1. The van der Waals surface area contributed by atoms with Crippen molar-refractivity contribution in [1.82, 2.24) is 5.32 Å². The predicted octanol–water partition coefficient (Wildman–Crippen LogP) is 1.13. The second-order valence-corrected chi connectivity index (χ2v) is 3.96. The van der Waals surface area contributed by atoms with Gasteiger partial charge in [0, 0.05) is 5.69 Å². The number of nitrogens with zero attached hydrogens (tertiary/aromatic N) is 2. The number of anilines is 1. The van der Waals surface area contributed by atoms with Crippen molar-refractivity contribution in [2.24, 2.45) is 4.99 Å². The third kappa shape index (κ3) is 4.69. The molecule has 0 atom stereocenters. The van der Waals surface area contributed by atoms with E-state index >= 15 is 0 Å². The van der Waals surface area contributed by atoms with Gasteiger partial charge in [-0.2, -0.15) is 5.26 Å². The minimum absolute atomic E-state index is 0.311. The summed E-state index contributed by atoms with van der Waals surface area (Å²) in [5.74, 6) is -2.69. The number of amidine groups is 1. The fourth-order valence-electron chi connectivity index (χ4n) is 1.13. The largest absolute Gasteiger partial charge is 0.474 e. The molecule has 0 unspecified atom stereocenters. The summed E-state index contributed by atoms with van der Waals surface area (Å²) in [6.07, 6.45) is 3.50. The fourth-order valence-corrected chi connectivity index (χ4v) is 1.47. The lowest BCUT2D eigenvalue weighted by Gasteiger charge is -2.04. The minimum atomic E-state index is -1.56. The number of nitrogens with one attached hydrogen (secondary N) is 2. The molecule has 0 bridgehead atoms. The first-order chi connectivity index (χ1) is 9.06. The first-order valence-corrected chi connectivity index (χ1v) is 6.21. The van der Waals surface area contributed by atoms with E-state index < -0.39 is 11.9 Å². The lowest BCUT2D eigenvalue weighted by atomic mass is 10.3. The van der Waals surface area contributed by atoms with Crippen LogP contribution in [0.2, 0.25) is 0 Å². The van der Waals surface area contributed by atoms with Gasteiger partial charge in [-0.3, -0.25) is 10.1 Å². The number of nitriles is 1. The highest BCUT2D eigenvalue weighted by Crippen LogP contribution is 2.19. The van der Waals surface area contributed by atoms with Crippen LogP contribution >= 0.6 is 11.8 Å². The van der Waals surface area contributed by atoms with E-state index in [9.17, 15) is 9.59 Å². The quantitative estimate of drug-likeness (QED) is 0.245. The molecular weight excluding hydrogens is 268 g/mol. The molecule has 1 amide bonds. The number of amides is 1. The number of carbonyl (C=O) groups is 2. The number of thioether (sulfide) groups is 1. The summed E-state index contributed by atoms with van der Waals surface area (Å²) in [5.41, 5.74) is 0.793. The maximum Gasteiger partial charge on any atom is 0.394 e. The van der Waals surface area contributed by atoms with Gasteiger partial charge in [0.1, 0.15) is 0 Å². The molecule has 0 radical (unpaired) electrons. The lowest BCUT2D eigenvalue weighted by Crippen LogP contribution is -2.21. The first-order valence-electron chi connectivity index (χ1n) is 4.99. The number of carbonyl (C=O) groups excluding carboxylic acids is 1. The smallest absolute Gasteiger partial charge is 0.394 e. The number of hydrogen-bond donors (Lipinski definition) is 3. The molecule has 1 rings (SSSR count). The normalized spacial score (nSPS) is 10.4. The maximum absolute atomic E-state index is 11.0. The topological polar surface area (TPSA) is 115 Å². The zero-order valence-electron chi connectivity index (χ0n) is 9.88.